The Kier molecular flexibility index (Phi) is 3.83. The molecule has 0 bridgehead atoms. The summed E-state index contributed by atoms with van der Waals surface area (Å²) in [5.74, 6) is -0.463. The van der Waals surface area contributed by atoms with Crippen molar-refractivity contribution in [1.29, 1.82) is 0 Å². The fraction of sp³-hybridized carbons (Fsp3) is 0.444. The largest absolute Gasteiger partial charge is 0.462 e. The van der Waals surface area contributed by atoms with E-state index in [4.69, 9.17) is 16.3 Å². The van der Waals surface area contributed by atoms with Crippen LogP contribution in [0.25, 0.3) is 0 Å². The topological polar surface area (TPSA) is 52.1 Å². The van der Waals surface area contributed by atoms with Crippen LogP contribution in [0.15, 0.2) is 6.33 Å². The molecule has 0 saturated heterocycles. The second-order valence-corrected chi connectivity index (χ2v) is 2.92. The summed E-state index contributed by atoms with van der Waals surface area (Å²) in [6.45, 7) is 3.94. The first-order chi connectivity index (χ1) is 6.70. The molecule has 5 heteroatoms. The van der Waals surface area contributed by atoms with Crippen molar-refractivity contribution < 1.29 is 9.53 Å². The van der Waals surface area contributed by atoms with E-state index in [1.165, 1.54) is 6.33 Å². The second-order valence-electron chi connectivity index (χ2n) is 2.56. The van der Waals surface area contributed by atoms with E-state index in [9.17, 15) is 4.79 Å². The number of nitrogens with zero attached hydrogens (tertiary/aromatic N) is 2. The SMILES string of the molecule is CCOC(=O)c1c(Cl)ncnc1CC. The Morgan fingerprint density at radius 1 is 1.50 bits per heavy atom. The van der Waals surface area contributed by atoms with Gasteiger partial charge in [-0.3, -0.25) is 0 Å². The van der Waals surface area contributed by atoms with Gasteiger partial charge in [0.05, 0.1) is 12.3 Å². The van der Waals surface area contributed by atoms with Crippen molar-refractivity contribution in [3.63, 3.8) is 0 Å². The van der Waals surface area contributed by atoms with E-state index in [1.54, 1.807) is 6.92 Å². The monoisotopic (exact) mass is 214 g/mol. The average molecular weight is 215 g/mol. The third kappa shape index (κ3) is 2.20. The van der Waals surface area contributed by atoms with Crippen LogP contribution in [0.3, 0.4) is 0 Å². The lowest BCUT2D eigenvalue weighted by molar-refractivity contribution is 0.0524. The van der Waals surface area contributed by atoms with Gasteiger partial charge in [0, 0.05) is 0 Å². The van der Waals surface area contributed by atoms with Gasteiger partial charge in [-0.2, -0.15) is 0 Å². The van der Waals surface area contributed by atoms with Gasteiger partial charge in [-0.15, -0.1) is 0 Å². The number of aromatic nitrogens is 2. The van der Waals surface area contributed by atoms with Crippen LogP contribution in [0.1, 0.15) is 29.9 Å². The molecular weight excluding hydrogens is 204 g/mol. The Morgan fingerprint density at radius 2 is 2.21 bits per heavy atom. The molecular formula is C9H11ClN2O2. The number of ether oxygens (including phenoxy) is 1. The maximum absolute atomic E-state index is 11.5. The van der Waals surface area contributed by atoms with Crippen LogP contribution >= 0.6 is 11.6 Å². The van der Waals surface area contributed by atoms with E-state index in [1.807, 2.05) is 6.92 Å². The van der Waals surface area contributed by atoms with E-state index in [2.05, 4.69) is 9.97 Å². The molecule has 1 heterocycles. The first-order valence-corrected chi connectivity index (χ1v) is 4.75. The molecule has 14 heavy (non-hydrogen) atoms. The van der Waals surface area contributed by atoms with E-state index in [-0.39, 0.29) is 10.7 Å². The molecule has 0 atom stereocenters. The fourth-order valence-corrected chi connectivity index (χ4v) is 1.30. The summed E-state index contributed by atoms with van der Waals surface area (Å²) < 4.78 is 4.85. The summed E-state index contributed by atoms with van der Waals surface area (Å²) in [7, 11) is 0. The molecule has 0 fully saturated rings. The first-order valence-electron chi connectivity index (χ1n) is 4.37. The normalized spacial score (nSPS) is 9.93. The zero-order valence-corrected chi connectivity index (χ0v) is 8.84. The van der Waals surface area contributed by atoms with Gasteiger partial charge in [0.15, 0.2) is 0 Å². The number of carbonyl (C=O) groups excluding carboxylic acids is 1. The zero-order chi connectivity index (χ0) is 10.6. The van der Waals surface area contributed by atoms with Crippen molar-refractivity contribution >= 4 is 17.6 Å². The number of carbonyl (C=O) groups is 1. The van der Waals surface area contributed by atoms with Gasteiger partial charge in [-0.25, -0.2) is 14.8 Å². The molecule has 0 aliphatic heterocycles. The molecule has 4 nitrogen and oxygen atoms in total. The van der Waals surface area contributed by atoms with Crippen molar-refractivity contribution in [3.05, 3.63) is 22.7 Å². The Labute approximate surface area is 87.3 Å². The third-order valence-electron chi connectivity index (χ3n) is 1.69. The molecule has 0 aromatic carbocycles. The third-order valence-corrected chi connectivity index (χ3v) is 1.98. The molecule has 0 aliphatic rings. The minimum absolute atomic E-state index is 0.148. The fourth-order valence-electron chi connectivity index (χ4n) is 1.07. The molecule has 0 saturated carbocycles. The lowest BCUT2D eigenvalue weighted by atomic mass is 10.2. The summed E-state index contributed by atoms with van der Waals surface area (Å²) >= 11 is 5.79. The molecule has 1 rings (SSSR count). The predicted octanol–water partition coefficient (Wildman–Crippen LogP) is 1.87. The summed E-state index contributed by atoms with van der Waals surface area (Å²) in [4.78, 5) is 19.2. The minimum Gasteiger partial charge on any atom is -0.462 e. The summed E-state index contributed by atoms with van der Waals surface area (Å²) in [5, 5.41) is 0.148. The van der Waals surface area contributed by atoms with Crippen LogP contribution in [-0.4, -0.2) is 22.5 Å². The first kappa shape index (κ1) is 10.9. The number of esters is 1. The lowest BCUT2D eigenvalue weighted by Gasteiger charge is -2.06. The number of halogens is 1. The standard InChI is InChI=1S/C9H11ClN2O2/c1-3-6-7(9(13)14-4-2)8(10)12-5-11-6/h5H,3-4H2,1-2H3. The number of hydrogen-bond donors (Lipinski definition) is 0. The van der Waals surface area contributed by atoms with Gasteiger partial charge < -0.3 is 4.74 Å². The van der Waals surface area contributed by atoms with Crippen molar-refractivity contribution in [1.82, 2.24) is 9.97 Å². The minimum atomic E-state index is -0.463. The Hall–Kier alpha value is -1.16. The van der Waals surface area contributed by atoms with Crippen LogP contribution in [0, 0.1) is 0 Å². The number of hydrogen-bond acceptors (Lipinski definition) is 4. The van der Waals surface area contributed by atoms with Crippen LogP contribution in [0.5, 0.6) is 0 Å². The van der Waals surface area contributed by atoms with E-state index in [0.717, 1.165) is 0 Å². The van der Waals surface area contributed by atoms with Gasteiger partial charge in [-0.1, -0.05) is 18.5 Å². The van der Waals surface area contributed by atoms with Crippen molar-refractivity contribution in [2.24, 2.45) is 0 Å². The molecule has 0 unspecified atom stereocenters. The van der Waals surface area contributed by atoms with Gasteiger partial charge in [-0.05, 0) is 13.3 Å². The Balaban J connectivity index is 3.10. The van der Waals surface area contributed by atoms with Gasteiger partial charge >= 0.3 is 5.97 Å². The molecule has 0 amide bonds. The molecule has 0 radical (unpaired) electrons. The lowest BCUT2D eigenvalue weighted by Crippen LogP contribution is -2.11. The maximum Gasteiger partial charge on any atom is 0.343 e. The quantitative estimate of drug-likeness (QED) is 0.569. The van der Waals surface area contributed by atoms with Crippen LogP contribution in [0.2, 0.25) is 5.15 Å². The number of aryl methyl sites for hydroxylation is 1. The highest BCUT2D eigenvalue weighted by Gasteiger charge is 2.17. The average Bonchev–Trinajstić information content (AvgIpc) is 2.17. The van der Waals surface area contributed by atoms with Gasteiger partial charge in [0.2, 0.25) is 0 Å². The molecule has 0 spiro atoms. The van der Waals surface area contributed by atoms with Gasteiger partial charge in [0.25, 0.3) is 0 Å². The van der Waals surface area contributed by atoms with E-state index < -0.39 is 5.97 Å². The van der Waals surface area contributed by atoms with Crippen molar-refractivity contribution in [3.8, 4) is 0 Å². The highest BCUT2D eigenvalue weighted by molar-refractivity contribution is 6.32. The van der Waals surface area contributed by atoms with Crippen LogP contribution < -0.4 is 0 Å². The Morgan fingerprint density at radius 3 is 2.79 bits per heavy atom. The maximum atomic E-state index is 11.5. The highest BCUT2D eigenvalue weighted by Crippen LogP contribution is 2.16. The summed E-state index contributed by atoms with van der Waals surface area (Å²) in [6.07, 6.45) is 1.96. The molecule has 1 aromatic rings. The zero-order valence-electron chi connectivity index (χ0n) is 8.08. The van der Waals surface area contributed by atoms with Crippen LogP contribution in [0.4, 0.5) is 0 Å². The van der Waals surface area contributed by atoms with Crippen molar-refractivity contribution in [2.75, 3.05) is 6.61 Å². The molecule has 0 N–H and O–H groups in total. The number of rotatable bonds is 3. The summed E-state index contributed by atoms with van der Waals surface area (Å²) in [6, 6.07) is 0. The van der Waals surface area contributed by atoms with Gasteiger partial charge in [0.1, 0.15) is 17.0 Å². The van der Waals surface area contributed by atoms with E-state index >= 15 is 0 Å². The van der Waals surface area contributed by atoms with Crippen molar-refractivity contribution in [2.45, 2.75) is 20.3 Å². The predicted molar refractivity (Wildman–Crippen MR) is 52.4 cm³/mol. The highest BCUT2D eigenvalue weighted by atomic mass is 35.5. The molecule has 0 aliphatic carbocycles. The van der Waals surface area contributed by atoms with Crippen LogP contribution in [-0.2, 0) is 11.2 Å². The molecule has 76 valence electrons. The Bertz CT molecular complexity index is 342. The van der Waals surface area contributed by atoms with E-state index in [0.29, 0.717) is 18.7 Å². The summed E-state index contributed by atoms with van der Waals surface area (Å²) in [5.41, 5.74) is 0.891. The smallest absolute Gasteiger partial charge is 0.343 e. The molecule has 1 aromatic heterocycles. The second kappa shape index (κ2) is 4.91.